The molecule has 8 heteroatoms. The third-order valence-corrected chi connectivity index (χ3v) is 7.89. The number of anilines is 1. The number of halogens is 1. The lowest BCUT2D eigenvalue weighted by Crippen LogP contribution is -2.41. The average molecular weight is 447 g/mol. The van der Waals surface area contributed by atoms with E-state index >= 15 is 0 Å². The number of sulfonamides is 1. The Labute approximate surface area is 182 Å². The van der Waals surface area contributed by atoms with Gasteiger partial charge < -0.3 is 9.64 Å². The molecule has 6 nitrogen and oxygen atoms in total. The lowest BCUT2D eigenvalue weighted by molar-refractivity contribution is 0.0730. The molecule has 1 saturated heterocycles. The van der Waals surface area contributed by atoms with Crippen LogP contribution in [0.1, 0.15) is 40.4 Å². The standard InChI is InChI=1S/C23H27FN2O4S/c1-3-17-6-7-19(15-21(17)31(28,29)25-9-11-30-12-10-25)23(27)26-8-4-5-18-13-16(2)14-20(24)22(18)26/h6-7,13-15H,3-5,8-12H2,1-2H3. The molecule has 31 heavy (non-hydrogen) atoms. The van der Waals surface area contributed by atoms with Gasteiger partial charge in [0.05, 0.1) is 23.8 Å². The second kappa shape index (κ2) is 8.68. The highest BCUT2D eigenvalue weighted by molar-refractivity contribution is 7.89. The maximum Gasteiger partial charge on any atom is 0.258 e. The molecule has 2 heterocycles. The summed E-state index contributed by atoms with van der Waals surface area (Å²) >= 11 is 0. The molecule has 0 atom stereocenters. The van der Waals surface area contributed by atoms with E-state index in [1.165, 1.54) is 21.3 Å². The SMILES string of the molecule is CCc1ccc(C(=O)N2CCCc3cc(C)cc(F)c32)cc1S(=O)(=O)N1CCOCC1. The minimum Gasteiger partial charge on any atom is -0.379 e. The first kappa shape index (κ1) is 21.9. The zero-order chi connectivity index (χ0) is 22.2. The second-order valence-corrected chi connectivity index (χ2v) is 9.91. The van der Waals surface area contributed by atoms with Crippen LogP contribution in [0.5, 0.6) is 0 Å². The number of benzene rings is 2. The van der Waals surface area contributed by atoms with Crippen molar-refractivity contribution in [1.29, 1.82) is 0 Å². The van der Waals surface area contributed by atoms with Crippen LogP contribution >= 0.6 is 0 Å². The number of hydrogen-bond donors (Lipinski definition) is 0. The molecular formula is C23H27FN2O4S. The first-order chi connectivity index (χ1) is 14.8. The summed E-state index contributed by atoms with van der Waals surface area (Å²) in [5.74, 6) is -0.806. The van der Waals surface area contributed by atoms with Gasteiger partial charge in [-0.05, 0) is 61.1 Å². The first-order valence-electron chi connectivity index (χ1n) is 10.6. The van der Waals surface area contributed by atoms with Gasteiger partial charge in [0.1, 0.15) is 5.82 Å². The molecule has 1 amide bonds. The van der Waals surface area contributed by atoms with Crippen LogP contribution in [0.2, 0.25) is 0 Å². The van der Waals surface area contributed by atoms with E-state index in [9.17, 15) is 17.6 Å². The fraction of sp³-hybridized carbons (Fsp3) is 0.435. The van der Waals surface area contributed by atoms with Gasteiger partial charge in [-0.3, -0.25) is 4.79 Å². The van der Waals surface area contributed by atoms with Gasteiger partial charge in [-0.25, -0.2) is 12.8 Å². The number of amides is 1. The molecule has 2 aliphatic rings. The quantitative estimate of drug-likeness (QED) is 0.723. The van der Waals surface area contributed by atoms with Crippen molar-refractivity contribution in [1.82, 2.24) is 4.31 Å². The number of morpholine rings is 1. The summed E-state index contributed by atoms with van der Waals surface area (Å²) in [5.41, 5.74) is 2.83. The van der Waals surface area contributed by atoms with Gasteiger partial charge >= 0.3 is 0 Å². The summed E-state index contributed by atoms with van der Waals surface area (Å²) < 4.78 is 48.0. The summed E-state index contributed by atoms with van der Waals surface area (Å²) in [6, 6.07) is 8.12. The number of ether oxygens (including phenoxy) is 1. The Morgan fingerprint density at radius 1 is 1.13 bits per heavy atom. The van der Waals surface area contributed by atoms with Gasteiger partial charge in [-0.1, -0.05) is 19.1 Å². The Kier molecular flexibility index (Phi) is 6.14. The second-order valence-electron chi connectivity index (χ2n) is 8.01. The zero-order valence-corrected chi connectivity index (χ0v) is 18.7. The van der Waals surface area contributed by atoms with E-state index in [0.717, 1.165) is 17.5 Å². The molecule has 0 aromatic heterocycles. The van der Waals surface area contributed by atoms with Crippen LogP contribution < -0.4 is 4.90 Å². The maximum absolute atomic E-state index is 14.8. The summed E-state index contributed by atoms with van der Waals surface area (Å²) in [6.07, 6.45) is 1.96. The van der Waals surface area contributed by atoms with Crippen LogP contribution in [0.3, 0.4) is 0 Å². The van der Waals surface area contributed by atoms with E-state index in [0.29, 0.717) is 43.9 Å². The molecule has 166 valence electrons. The molecule has 0 spiro atoms. The van der Waals surface area contributed by atoms with Gasteiger partial charge in [0, 0.05) is 25.2 Å². The molecule has 0 bridgehead atoms. The van der Waals surface area contributed by atoms with Crippen molar-refractivity contribution in [2.24, 2.45) is 0 Å². The molecule has 0 saturated carbocycles. The van der Waals surface area contributed by atoms with E-state index < -0.39 is 15.8 Å². The van der Waals surface area contributed by atoms with E-state index in [2.05, 4.69) is 0 Å². The van der Waals surface area contributed by atoms with Crippen LogP contribution in [0.15, 0.2) is 35.2 Å². The molecule has 0 radical (unpaired) electrons. The van der Waals surface area contributed by atoms with Gasteiger partial charge in [0.15, 0.2) is 0 Å². The Balaban J connectivity index is 1.74. The van der Waals surface area contributed by atoms with Crippen LogP contribution in [0.4, 0.5) is 10.1 Å². The predicted molar refractivity (Wildman–Crippen MR) is 117 cm³/mol. The monoisotopic (exact) mass is 446 g/mol. The fourth-order valence-electron chi connectivity index (χ4n) is 4.34. The lowest BCUT2D eigenvalue weighted by Gasteiger charge is -2.31. The number of fused-ring (bicyclic) bond motifs is 1. The van der Waals surface area contributed by atoms with Gasteiger partial charge in [0.25, 0.3) is 5.91 Å². The lowest BCUT2D eigenvalue weighted by atomic mass is 9.98. The number of carbonyl (C=O) groups is 1. The van der Waals surface area contributed by atoms with Gasteiger partial charge in [-0.15, -0.1) is 0 Å². The average Bonchev–Trinajstić information content (AvgIpc) is 2.78. The van der Waals surface area contributed by atoms with Crippen molar-refractivity contribution in [3.8, 4) is 0 Å². The van der Waals surface area contributed by atoms with E-state index in [1.807, 2.05) is 19.9 Å². The normalized spacial score (nSPS) is 17.5. The number of rotatable bonds is 4. The van der Waals surface area contributed by atoms with Crippen molar-refractivity contribution in [3.63, 3.8) is 0 Å². The predicted octanol–water partition coefficient (Wildman–Crippen LogP) is 3.31. The minimum absolute atomic E-state index is 0.143. The number of hydrogen-bond acceptors (Lipinski definition) is 4. The molecule has 0 N–H and O–H groups in total. The van der Waals surface area contributed by atoms with Crippen molar-refractivity contribution in [2.75, 3.05) is 37.7 Å². The van der Waals surface area contributed by atoms with Gasteiger partial charge in [-0.2, -0.15) is 4.31 Å². The molecule has 2 aromatic carbocycles. The van der Waals surface area contributed by atoms with Crippen LogP contribution in [-0.4, -0.2) is 51.5 Å². The minimum atomic E-state index is -3.76. The molecule has 0 aliphatic carbocycles. The van der Waals surface area contributed by atoms with Crippen molar-refractivity contribution < 1.29 is 22.3 Å². The smallest absolute Gasteiger partial charge is 0.258 e. The number of aryl methyl sites for hydroxylation is 3. The highest BCUT2D eigenvalue weighted by atomic mass is 32.2. The molecule has 1 fully saturated rings. The van der Waals surface area contributed by atoms with Crippen LogP contribution in [-0.2, 0) is 27.6 Å². The largest absolute Gasteiger partial charge is 0.379 e. The molecular weight excluding hydrogens is 419 g/mol. The van der Waals surface area contributed by atoms with Crippen LogP contribution in [0.25, 0.3) is 0 Å². The Bertz CT molecular complexity index is 1110. The number of carbonyl (C=O) groups excluding carboxylic acids is 1. The Morgan fingerprint density at radius 2 is 1.87 bits per heavy atom. The van der Waals surface area contributed by atoms with Crippen molar-refractivity contribution >= 4 is 21.6 Å². The van der Waals surface area contributed by atoms with E-state index in [1.54, 1.807) is 12.1 Å². The summed E-state index contributed by atoms with van der Waals surface area (Å²) in [5, 5.41) is 0. The molecule has 2 aromatic rings. The van der Waals surface area contributed by atoms with Gasteiger partial charge in [0.2, 0.25) is 10.0 Å². The van der Waals surface area contributed by atoms with Crippen molar-refractivity contribution in [3.05, 3.63) is 58.4 Å². The first-order valence-corrected chi connectivity index (χ1v) is 12.1. The number of nitrogens with zero attached hydrogens (tertiary/aromatic N) is 2. The fourth-order valence-corrected chi connectivity index (χ4v) is 6.07. The molecule has 4 rings (SSSR count). The summed E-state index contributed by atoms with van der Waals surface area (Å²) in [7, 11) is -3.76. The van der Waals surface area contributed by atoms with Crippen LogP contribution in [0, 0.1) is 12.7 Å². The topological polar surface area (TPSA) is 66.9 Å². The highest BCUT2D eigenvalue weighted by Gasteiger charge is 2.31. The third-order valence-electron chi connectivity index (χ3n) is 5.91. The zero-order valence-electron chi connectivity index (χ0n) is 17.9. The van der Waals surface area contributed by atoms with E-state index in [-0.39, 0.29) is 29.5 Å². The van der Waals surface area contributed by atoms with E-state index in [4.69, 9.17) is 4.74 Å². The Hall–Kier alpha value is -2.29. The van der Waals surface area contributed by atoms with Crippen molar-refractivity contribution in [2.45, 2.75) is 38.0 Å². The molecule has 2 aliphatic heterocycles. The Morgan fingerprint density at radius 3 is 2.58 bits per heavy atom. The third kappa shape index (κ3) is 4.12. The highest BCUT2D eigenvalue weighted by Crippen LogP contribution is 2.33. The molecule has 0 unspecified atom stereocenters. The summed E-state index contributed by atoms with van der Waals surface area (Å²) in [4.78, 5) is 15.0. The summed E-state index contributed by atoms with van der Waals surface area (Å²) in [6.45, 7) is 5.38. The maximum atomic E-state index is 14.8.